The Hall–Kier alpha value is -0.860. The number of rotatable bonds is 5. The van der Waals surface area contributed by atoms with Crippen LogP contribution in [0.15, 0.2) is 29.6 Å². The van der Waals surface area contributed by atoms with Gasteiger partial charge >= 0.3 is 0 Å². The van der Waals surface area contributed by atoms with Crippen LogP contribution >= 0.6 is 11.3 Å². The Kier molecular flexibility index (Phi) is 3.97. The van der Waals surface area contributed by atoms with E-state index in [-0.39, 0.29) is 6.04 Å². The van der Waals surface area contributed by atoms with Crippen molar-refractivity contribution in [3.05, 3.63) is 35.2 Å². The zero-order valence-corrected chi connectivity index (χ0v) is 10.6. The first-order valence-corrected chi connectivity index (χ1v) is 6.92. The van der Waals surface area contributed by atoms with E-state index < -0.39 is 0 Å². The highest BCUT2D eigenvalue weighted by atomic mass is 32.1. The van der Waals surface area contributed by atoms with Gasteiger partial charge in [-0.3, -0.25) is 0 Å². The fraction of sp³-hybridized carbons (Fsp3) is 0.429. The normalized spacial score (nSPS) is 13.1. The first-order valence-electron chi connectivity index (χ1n) is 6.04. The number of benzene rings is 1. The largest absolute Gasteiger partial charge is 0.324 e. The Morgan fingerprint density at radius 2 is 2.06 bits per heavy atom. The molecule has 2 aromatic rings. The van der Waals surface area contributed by atoms with Crippen LogP contribution in [0.1, 0.15) is 44.2 Å². The summed E-state index contributed by atoms with van der Waals surface area (Å²) in [4.78, 5) is 0. The SMILES string of the molecule is CCCCCC(N)c1csc2ccccc12. The van der Waals surface area contributed by atoms with E-state index >= 15 is 0 Å². The lowest BCUT2D eigenvalue weighted by atomic mass is 10.0. The molecule has 0 saturated carbocycles. The van der Waals surface area contributed by atoms with Crippen molar-refractivity contribution in [3.8, 4) is 0 Å². The van der Waals surface area contributed by atoms with Crippen LogP contribution in [-0.2, 0) is 0 Å². The Labute approximate surface area is 101 Å². The molecule has 0 aliphatic heterocycles. The summed E-state index contributed by atoms with van der Waals surface area (Å²) >= 11 is 1.80. The van der Waals surface area contributed by atoms with Crippen molar-refractivity contribution >= 4 is 21.4 Å². The molecule has 0 bridgehead atoms. The second kappa shape index (κ2) is 5.46. The van der Waals surface area contributed by atoms with E-state index in [4.69, 9.17) is 5.73 Å². The van der Waals surface area contributed by atoms with Gasteiger partial charge in [0.1, 0.15) is 0 Å². The first-order chi connectivity index (χ1) is 7.83. The third-order valence-electron chi connectivity index (χ3n) is 3.03. The predicted octanol–water partition coefficient (Wildman–Crippen LogP) is 4.48. The summed E-state index contributed by atoms with van der Waals surface area (Å²) in [6.07, 6.45) is 4.89. The molecular weight excluding hydrogens is 214 g/mol. The van der Waals surface area contributed by atoms with Crippen LogP contribution in [0.2, 0.25) is 0 Å². The lowest BCUT2D eigenvalue weighted by Crippen LogP contribution is -2.09. The van der Waals surface area contributed by atoms with Crippen molar-refractivity contribution in [2.75, 3.05) is 0 Å². The van der Waals surface area contributed by atoms with Crippen molar-refractivity contribution in [1.82, 2.24) is 0 Å². The van der Waals surface area contributed by atoms with Gasteiger partial charge in [-0.2, -0.15) is 0 Å². The van der Waals surface area contributed by atoms with Crippen LogP contribution in [0.4, 0.5) is 0 Å². The molecule has 0 aliphatic carbocycles. The van der Waals surface area contributed by atoms with E-state index in [1.54, 1.807) is 11.3 Å². The molecule has 2 N–H and O–H groups in total. The average molecular weight is 233 g/mol. The fourth-order valence-electron chi connectivity index (χ4n) is 2.06. The summed E-state index contributed by atoms with van der Waals surface area (Å²) < 4.78 is 1.35. The van der Waals surface area contributed by atoms with Crippen molar-refractivity contribution in [2.45, 2.75) is 38.6 Å². The first kappa shape index (κ1) is 11.6. The number of hydrogen-bond donors (Lipinski definition) is 1. The molecule has 1 heterocycles. The van der Waals surface area contributed by atoms with Crippen LogP contribution < -0.4 is 5.73 Å². The van der Waals surface area contributed by atoms with Gasteiger partial charge in [0.15, 0.2) is 0 Å². The molecule has 1 aromatic heterocycles. The minimum absolute atomic E-state index is 0.211. The lowest BCUT2D eigenvalue weighted by molar-refractivity contribution is 0.585. The zero-order valence-electron chi connectivity index (χ0n) is 9.78. The second-order valence-electron chi connectivity index (χ2n) is 4.29. The van der Waals surface area contributed by atoms with Crippen LogP contribution in [0.25, 0.3) is 10.1 Å². The zero-order chi connectivity index (χ0) is 11.4. The van der Waals surface area contributed by atoms with Crippen molar-refractivity contribution < 1.29 is 0 Å². The summed E-state index contributed by atoms with van der Waals surface area (Å²) in [5, 5.41) is 3.57. The summed E-state index contributed by atoms with van der Waals surface area (Å²) in [7, 11) is 0. The van der Waals surface area contributed by atoms with E-state index in [0.717, 1.165) is 6.42 Å². The van der Waals surface area contributed by atoms with Crippen LogP contribution in [-0.4, -0.2) is 0 Å². The lowest BCUT2D eigenvalue weighted by Gasteiger charge is -2.10. The summed E-state index contributed by atoms with van der Waals surface area (Å²) in [6.45, 7) is 2.23. The standard InChI is InChI=1S/C14H19NS/c1-2-3-4-8-13(15)12-10-16-14-9-6-5-7-11(12)14/h5-7,9-10,13H,2-4,8,15H2,1H3. The Morgan fingerprint density at radius 1 is 1.25 bits per heavy atom. The predicted molar refractivity (Wildman–Crippen MR) is 72.9 cm³/mol. The van der Waals surface area contributed by atoms with E-state index in [1.165, 1.54) is 34.9 Å². The van der Waals surface area contributed by atoms with Crippen molar-refractivity contribution in [1.29, 1.82) is 0 Å². The Bertz CT molecular complexity index is 447. The van der Waals surface area contributed by atoms with Crippen LogP contribution in [0.5, 0.6) is 0 Å². The van der Waals surface area contributed by atoms with E-state index in [1.807, 2.05) is 0 Å². The third kappa shape index (κ3) is 2.45. The van der Waals surface area contributed by atoms with E-state index in [0.29, 0.717) is 0 Å². The maximum Gasteiger partial charge on any atom is 0.0346 e. The quantitative estimate of drug-likeness (QED) is 0.757. The number of unbranched alkanes of at least 4 members (excludes halogenated alkanes) is 2. The minimum Gasteiger partial charge on any atom is -0.324 e. The maximum atomic E-state index is 6.25. The minimum atomic E-state index is 0.211. The summed E-state index contributed by atoms with van der Waals surface area (Å²) in [6, 6.07) is 8.74. The van der Waals surface area contributed by atoms with Gasteiger partial charge in [-0.25, -0.2) is 0 Å². The molecule has 0 fully saturated rings. The van der Waals surface area contributed by atoms with E-state index in [2.05, 4.69) is 36.6 Å². The number of fused-ring (bicyclic) bond motifs is 1. The van der Waals surface area contributed by atoms with Crippen LogP contribution in [0, 0.1) is 0 Å². The molecule has 2 rings (SSSR count). The molecule has 2 heteroatoms. The molecule has 0 amide bonds. The van der Waals surface area contributed by atoms with Gasteiger partial charge in [0.25, 0.3) is 0 Å². The second-order valence-corrected chi connectivity index (χ2v) is 5.20. The van der Waals surface area contributed by atoms with Gasteiger partial charge in [0.05, 0.1) is 0 Å². The topological polar surface area (TPSA) is 26.0 Å². The molecular formula is C14H19NS. The Morgan fingerprint density at radius 3 is 2.88 bits per heavy atom. The number of nitrogens with two attached hydrogens (primary N) is 1. The molecule has 0 radical (unpaired) electrons. The third-order valence-corrected chi connectivity index (χ3v) is 4.01. The number of hydrogen-bond acceptors (Lipinski definition) is 2. The monoisotopic (exact) mass is 233 g/mol. The molecule has 1 atom stereocenters. The number of thiophene rings is 1. The highest BCUT2D eigenvalue weighted by Crippen LogP contribution is 2.31. The molecule has 86 valence electrons. The molecule has 1 nitrogen and oxygen atoms in total. The average Bonchev–Trinajstić information content (AvgIpc) is 2.73. The molecule has 16 heavy (non-hydrogen) atoms. The van der Waals surface area contributed by atoms with E-state index in [9.17, 15) is 0 Å². The molecule has 0 aliphatic rings. The highest BCUT2D eigenvalue weighted by molar-refractivity contribution is 7.17. The molecule has 1 unspecified atom stereocenters. The molecule has 0 spiro atoms. The van der Waals surface area contributed by atoms with Gasteiger partial charge in [-0.15, -0.1) is 11.3 Å². The van der Waals surface area contributed by atoms with Crippen molar-refractivity contribution in [2.24, 2.45) is 5.73 Å². The molecule has 1 aromatic carbocycles. The summed E-state index contributed by atoms with van der Waals surface area (Å²) in [5.41, 5.74) is 7.58. The summed E-state index contributed by atoms with van der Waals surface area (Å²) in [5.74, 6) is 0. The van der Waals surface area contributed by atoms with Crippen molar-refractivity contribution in [3.63, 3.8) is 0 Å². The maximum absolute atomic E-state index is 6.25. The van der Waals surface area contributed by atoms with Gasteiger partial charge in [0, 0.05) is 10.7 Å². The fourth-order valence-corrected chi connectivity index (χ4v) is 3.08. The van der Waals surface area contributed by atoms with Gasteiger partial charge < -0.3 is 5.73 Å². The highest BCUT2D eigenvalue weighted by Gasteiger charge is 2.10. The van der Waals surface area contributed by atoms with Gasteiger partial charge in [0.2, 0.25) is 0 Å². The Balaban J connectivity index is 2.13. The smallest absolute Gasteiger partial charge is 0.0346 e. The van der Waals surface area contributed by atoms with Gasteiger partial charge in [-0.1, -0.05) is 44.4 Å². The van der Waals surface area contributed by atoms with Gasteiger partial charge in [-0.05, 0) is 28.8 Å². The van der Waals surface area contributed by atoms with Crippen LogP contribution in [0.3, 0.4) is 0 Å². The molecule has 0 saturated heterocycles.